The van der Waals surface area contributed by atoms with Gasteiger partial charge >= 0.3 is 37.7 Å². The molecule has 0 aromatic carbocycles. The van der Waals surface area contributed by atoms with Gasteiger partial charge in [-0.2, -0.15) is 0 Å². The molecule has 0 fully saturated rings. The zero-order chi connectivity index (χ0) is 15.9. The molecule has 0 aromatic heterocycles. The van der Waals surface area contributed by atoms with Gasteiger partial charge in [-0.1, -0.05) is 0 Å². The number of nitrogens with zero attached hydrogens (tertiary/aromatic N) is 4. The van der Waals surface area contributed by atoms with E-state index >= 15 is 0 Å². The van der Waals surface area contributed by atoms with Crippen LogP contribution in [-0.2, 0) is 0 Å². The summed E-state index contributed by atoms with van der Waals surface area (Å²) in [5, 5.41) is 0. The summed E-state index contributed by atoms with van der Waals surface area (Å²) in [4.78, 5) is 18.4. The van der Waals surface area contributed by atoms with Crippen molar-refractivity contribution in [3.05, 3.63) is 95.7 Å². The number of hydrogen-bond acceptors (Lipinski definition) is 4. The molecule has 8 bridgehead atoms. The fraction of sp³-hybridized carbons (Fsp3) is 0. The zero-order valence-electron chi connectivity index (χ0n) is 12.7. The molecular formula is C20H14CaN4. The van der Waals surface area contributed by atoms with E-state index in [1.807, 2.05) is 72.9 Å². The van der Waals surface area contributed by atoms with E-state index in [0.29, 0.717) is 0 Å². The minimum atomic E-state index is 0. The molecule has 25 heavy (non-hydrogen) atoms. The SMILES string of the molecule is C1=CC2=NC1=CC1=NC(=CC3=NC(=CC4=NC(=C2)C=C4)C=C3)C=C1.[CaH2]. The van der Waals surface area contributed by atoms with Crippen LogP contribution in [0.15, 0.2) is 116 Å². The van der Waals surface area contributed by atoms with Crippen molar-refractivity contribution in [2.24, 2.45) is 20.0 Å². The van der Waals surface area contributed by atoms with Crippen LogP contribution in [0.25, 0.3) is 0 Å². The van der Waals surface area contributed by atoms with E-state index in [4.69, 9.17) is 0 Å². The molecule has 5 rings (SSSR count). The van der Waals surface area contributed by atoms with Gasteiger partial charge in [0.2, 0.25) is 0 Å². The number of allylic oxidation sites excluding steroid dienone is 12. The third-order valence-electron chi connectivity index (χ3n) is 3.92. The molecule has 0 N–H and O–H groups in total. The molecule has 0 saturated carbocycles. The Bertz CT molecular complexity index is 848. The van der Waals surface area contributed by atoms with E-state index in [1.54, 1.807) is 0 Å². The molecule has 0 spiro atoms. The van der Waals surface area contributed by atoms with Crippen LogP contribution in [0.3, 0.4) is 0 Å². The number of rotatable bonds is 0. The Balaban J connectivity index is 0.00000157. The molecule has 0 atom stereocenters. The Morgan fingerprint density at radius 3 is 0.840 bits per heavy atom. The Hall–Kier alpha value is -2.14. The summed E-state index contributed by atoms with van der Waals surface area (Å²) in [6.45, 7) is 0. The third-order valence-corrected chi connectivity index (χ3v) is 3.92. The van der Waals surface area contributed by atoms with Gasteiger partial charge < -0.3 is 0 Å². The standard InChI is InChI=1S/C20H12N4.Ca.2H/c1-2-14-10-16-5-6-18(23-16)12-20-8-7-19(24-20)11-17-4-3-15(22-17)9-13(1)21-14;;;/h1-12H;;;. The van der Waals surface area contributed by atoms with Gasteiger partial charge in [0, 0.05) is 0 Å². The van der Waals surface area contributed by atoms with Crippen molar-refractivity contribution in [2.75, 3.05) is 0 Å². The predicted octanol–water partition coefficient (Wildman–Crippen LogP) is 2.66. The zero-order valence-corrected chi connectivity index (χ0v) is 12.7. The molecule has 5 aliphatic rings. The fourth-order valence-electron chi connectivity index (χ4n) is 2.83. The molecule has 0 amide bonds. The summed E-state index contributed by atoms with van der Waals surface area (Å²) in [6, 6.07) is 0. The summed E-state index contributed by atoms with van der Waals surface area (Å²) >= 11 is 0. The van der Waals surface area contributed by atoms with E-state index in [1.165, 1.54) is 0 Å². The fourth-order valence-corrected chi connectivity index (χ4v) is 2.83. The first-order chi connectivity index (χ1) is 11.8. The second kappa shape index (κ2) is 6.64. The maximum absolute atomic E-state index is 4.59. The summed E-state index contributed by atoms with van der Waals surface area (Å²) in [5.41, 5.74) is 7.15. The summed E-state index contributed by atoms with van der Waals surface area (Å²) in [6.07, 6.45) is 23.8. The van der Waals surface area contributed by atoms with Crippen molar-refractivity contribution >= 4 is 60.6 Å². The molecule has 0 saturated heterocycles. The van der Waals surface area contributed by atoms with Crippen molar-refractivity contribution in [1.82, 2.24) is 0 Å². The van der Waals surface area contributed by atoms with Crippen LogP contribution in [0.2, 0.25) is 0 Å². The molecule has 5 heterocycles. The first-order valence-corrected chi connectivity index (χ1v) is 7.74. The summed E-state index contributed by atoms with van der Waals surface area (Å²) < 4.78 is 0. The van der Waals surface area contributed by atoms with Crippen molar-refractivity contribution in [1.29, 1.82) is 0 Å². The topological polar surface area (TPSA) is 49.4 Å². The Kier molecular flexibility index (Phi) is 4.34. The number of fused-ring (bicyclic) bond motifs is 4. The molecule has 4 nitrogen and oxygen atoms in total. The average molecular weight is 350 g/mol. The summed E-state index contributed by atoms with van der Waals surface area (Å²) in [5.74, 6) is 0. The van der Waals surface area contributed by atoms with Gasteiger partial charge in [0.1, 0.15) is 0 Å². The van der Waals surface area contributed by atoms with Crippen molar-refractivity contribution in [3.8, 4) is 0 Å². The van der Waals surface area contributed by atoms with Crippen LogP contribution in [0.1, 0.15) is 0 Å². The predicted molar refractivity (Wildman–Crippen MR) is 107 cm³/mol. The van der Waals surface area contributed by atoms with Crippen LogP contribution in [0, 0.1) is 0 Å². The number of aliphatic imine (C=N–C) groups is 4. The van der Waals surface area contributed by atoms with Crippen molar-refractivity contribution in [2.45, 2.75) is 0 Å². The van der Waals surface area contributed by atoms with Crippen LogP contribution in [0.4, 0.5) is 0 Å². The van der Waals surface area contributed by atoms with Gasteiger partial charge in [0.05, 0.1) is 45.6 Å². The average Bonchev–Trinajstić information content (AvgIpc) is 3.32. The van der Waals surface area contributed by atoms with Gasteiger partial charge in [-0.05, 0) is 72.9 Å². The van der Waals surface area contributed by atoms with E-state index in [-0.39, 0.29) is 37.7 Å². The van der Waals surface area contributed by atoms with Gasteiger partial charge in [0.25, 0.3) is 0 Å². The molecular weight excluding hydrogens is 336 g/mol. The first kappa shape index (κ1) is 16.3. The Labute approximate surface area is 175 Å². The van der Waals surface area contributed by atoms with E-state index in [0.717, 1.165) is 45.6 Å². The molecule has 0 aromatic rings. The Morgan fingerprint density at radius 1 is 0.360 bits per heavy atom. The maximum atomic E-state index is 4.59. The molecule has 5 heteroatoms. The molecule has 0 radical (unpaired) electrons. The molecule has 0 aliphatic carbocycles. The van der Waals surface area contributed by atoms with Crippen molar-refractivity contribution in [3.63, 3.8) is 0 Å². The van der Waals surface area contributed by atoms with Crippen LogP contribution < -0.4 is 0 Å². The number of hydrogen-bond donors (Lipinski definition) is 0. The molecule has 0 unspecified atom stereocenters. The van der Waals surface area contributed by atoms with Gasteiger partial charge in [0.15, 0.2) is 0 Å². The van der Waals surface area contributed by atoms with E-state index < -0.39 is 0 Å². The second-order valence-electron chi connectivity index (χ2n) is 5.76. The molecule has 5 aliphatic heterocycles. The van der Waals surface area contributed by atoms with Crippen LogP contribution >= 0.6 is 0 Å². The van der Waals surface area contributed by atoms with E-state index in [9.17, 15) is 0 Å². The summed E-state index contributed by atoms with van der Waals surface area (Å²) in [7, 11) is 0. The minimum absolute atomic E-state index is 0. The van der Waals surface area contributed by atoms with E-state index in [2.05, 4.69) is 20.0 Å². The molecule has 116 valence electrons. The van der Waals surface area contributed by atoms with Gasteiger partial charge in [-0.3, -0.25) is 0 Å². The van der Waals surface area contributed by atoms with Gasteiger partial charge in [-0.25, -0.2) is 20.0 Å². The van der Waals surface area contributed by atoms with Crippen LogP contribution in [-0.4, -0.2) is 60.6 Å². The Morgan fingerprint density at radius 2 is 0.600 bits per heavy atom. The van der Waals surface area contributed by atoms with Crippen LogP contribution in [0.5, 0.6) is 0 Å². The first-order valence-electron chi connectivity index (χ1n) is 7.74. The monoisotopic (exact) mass is 350 g/mol. The quantitative estimate of drug-likeness (QED) is 0.603. The van der Waals surface area contributed by atoms with Crippen molar-refractivity contribution < 1.29 is 0 Å². The second-order valence-corrected chi connectivity index (χ2v) is 5.76. The normalized spacial score (nSPS) is 21.8. The third kappa shape index (κ3) is 3.47. The van der Waals surface area contributed by atoms with Gasteiger partial charge in [-0.15, -0.1) is 0 Å².